The van der Waals surface area contributed by atoms with Crippen molar-refractivity contribution in [2.75, 3.05) is 5.32 Å². The lowest BCUT2D eigenvalue weighted by molar-refractivity contribution is -0.305. The highest BCUT2D eigenvalue weighted by atomic mass is 19.1. The van der Waals surface area contributed by atoms with Crippen LogP contribution in [0.4, 0.5) is 10.1 Å². The fourth-order valence-electron chi connectivity index (χ4n) is 0.991. The van der Waals surface area contributed by atoms with Crippen LogP contribution in [0.3, 0.4) is 0 Å². The van der Waals surface area contributed by atoms with Crippen LogP contribution >= 0.6 is 0 Å². The van der Waals surface area contributed by atoms with Crippen molar-refractivity contribution >= 4 is 17.6 Å². The monoisotopic (exact) mass is 210 g/mol. The summed E-state index contributed by atoms with van der Waals surface area (Å²) in [4.78, 5) is 21.2. The number of aliphatic carboxylic acids is 1. The molecule has 0 bridgehead atoms. The minimum Gasteiger partial charge on any atom is -0.550 e. The van der Waals surface area contributed by atoms with Gasteiger partial charge in [-0.3, -0.25) is 4.79 Å². The summed E-state index contributed by atoms with van der Waals surface area (Å²) in [7, 11) is 0. The van der Waals surface area contributed by atoms with Crippen LogP contribution < -0.4 is 10.4 Å². The maximum absolute atomic E-state index is 13.0. The third kappa shape index (κ3) is 3.76. The molecule has 1 amide bonds. The first-order valence-electron chi connectivity index (χ1n) is 4.34. The molecule has 0 saturated heterocycles. The van der Waals surface area contributed by atoms with Crippen LogP contribution in [0.25, 0.3) is 0 Å². The second kappa shape index (κ2) is 5.09. The smallest absolute Gasteiger partial charge is 0.224 e. The van der Waals surface area contributed by atoms with Gasteiger partial charge in [-0.05, 0) is 18.6 Å². The van der Waals surface area contributed by atoms with Gasteiger partial charge < -0.3 is 15.2 Å². The molecule has 0 heterocycles. The van der Waals surface area contributed by atoms with Gasteiger partial charge in [-0.15, -0.1) is 0 Å². The number of amides is 1. The van der Waals surface area contributed by atoms with E-state index in [2.05, 4.69) is 5.32 Å². The molecule has 0 atom stereocenters. The molecule has 1 aromatic rings. The van der Waals surface area contributed by atoms with E-state index in [0.717, 1.165) is 0 Å². The van der Waals surface area contributed by atoms with Crippen molar-refractivity contribution in [3.63, 3.8) is 0 Å². The van der Waals surface area contributed by atoms with Gasteiger partial charge in [0.25, 0.3) is 0 Å². The zero-order valence-electron chi connectivity index (χ0n) is 7.83. The number of halogens is 1. The Kier molecular flexibility index (Phi) is 3.79. The molecule has 0 fully saturated rings. The second-order valence-corrected chi connectivity index (χ2v) is 2.90. The lowest BCUT2D eigenvalue weighted by Crippen LogP contribution is -2.24. The van der Waals surface area contributed by atoms with Gasteiger partial charge in [0.05, 0.1) is 5.69 Å². The average molecular weight is 210 g/mol. The maximum atomic E-state index is 13.0. The van der Waals surface area contributed by atoms with Crippen LogP contribution in [0.5, 0.6) is 0 Å². The Morgan fingerprint density at radius 2 is 1.93 bits per heavy atom. The SMILES string of the molecule is O=C([O-])CCC(=O)Nc1ccccc1F. The number of nitrogens with one attached hydrogen (secondary N) is 1. The van der Waals surface area contributed by atoms with Gasteiger partial charge in [0.2, 0.25) is 5.91 Å². The number of anilines is 1. The molecule has 80 valence electrons. The van der Waals surface area contributed by atoms with E-state index in [1.54, 1.807) is 6.07 Å². The van der Waals surface area contributed by atoms with Crippen LogP contribution in [0.15, 0.2) is 24.3 Å². The third-order valence-corrected chi connectivity index (χ3v) is 1.70. The highest BCUT2D eigenvalue weighted by Gasteiger charge is 2.05. The standard InChI is InChI=1S/C10H10FNO3/c11-7-3-1-2-4-8(7)12-9(13)5-6-10(14)15/h1-4H,5-6H2,(H,12,13)(H,14,15)/p-1. The Bertz CT molecular complexity index is 379. The molecular weight excluding hydrogens is 201 g/mol. The molecule has 0 aliphatic heterocycles. The lowest BCUT2D eigenvalue weighted by atomic mass is 10.2. The van der Waals surface area contributed by atoms with E-state index in [4.69, 9.17) is 0 Å². The van der Waals surface area contributed by atoms with Crippen molar-refractivity contribution in [2.24, 2.45) is 0 Å². The summed E-state index contributed by atoms with van der Waals surface area (Å²) in [5.74, 6) is -2.41. The highest BCUT2D eigenvalue weighted by molar-refractivity contribution is 5.92. The number of carbonyl (C=O) groups excluding carboxylic acids is 2. The van der Waals surface area contributed by atoms with E-state index in [1.807, 2.05) is 0 Å². The van der Waals surface area contributed by atoms with Crippen LogP contribution in [0, 0.1) is 5.82 Å². The Balaban J connectivity index is 2.52. The molecule has 0 saturated carbocycles. The number of rotatable bonds is 4. The molecule has 5 heteroatoms. The molecule has 1 rings (SSSR count). The van der Waals surface area contributed by atoms with E-state index in [1.165, 1.54) is 18.2 Å². The van der Waals surface area contributed by atoms with Crippen LogP contribution in [-0.2, 0) is 9.59 Å². The highest BCUT2D eigenvalue weighted by Crippen LogP contribution is 2.12. The fraction of sp³-hybridized carbons (Fsp3) is 0.200. The Morgan fingerprint density at radius 3 is 2.53 bits per heavy atom. The Labute approximate surface area is 85.7 Å². The number of carboxylic acids is 1. The minimum atomic E-state index is -1.31. The molecule has 0 unspecified atom stereocenters. The summed E-state index contributed by atoms with van der Waals surface area (Å²) < 4.78 is 13.0. The number of hydrogen-bond donors (Lipinski definition) is 1. The number of hydrogen-bond acceptors (Lipinski definition) is 3. The van der Waals surface area contributed by atoms with E-state index >= 15 is 0 Å². The van der Waals surface area contributed by atoms with E-state index < -0.39 is 17.7 Å². The maximum Gasteiger partial charge on any atom is 0.224 e. The summed E-state index contributed by atoms with van der Waals surface area (Å²) in [6.07, 6.45) is -0.600. The third-order valence-electron chi connectivity index (χ3n) is 1.70. The summed E-state index contributed by atoms with van der Waals surface area (Å²) in [6, 6.07) is 5.66. The van der Waals surface area contributed by atoms with Crippen molar-refractivity contribution in [1.82, 2.24) is 0 Å². The molecule has 15 heavy (non-hydrogen) atoms. The fourth-order valence-corrected chi connectivity index (χ4v) is 0.991. The van der Waals surface area contributed by atoms with Crippen molar-refractivity contribution in [3.8, 4) is 0 Å². The van der Waals surface area contributed by atoms with Crippen LogP contribution in [0.1, 0.15) is 12.8 Å². The molecular formula is C10H9FNO3-. The molecule has 0 aliphatic rings. The van der Waals surface area contributed by atoms with E-state index in [0.29, 0.717) is 0 Å². The first-order chi connectivity index (χ1) is 7.09. The van der Waals surface area contributed by atoms with Gasteiger partial charge in [0.1, 0.15) is 5.82 Å². The minimum absolute atomic E-state index is 0.0425. The summed E-state index contributed by atoms with van der Waals surface area (Å²) in [5.41, 5.74) is 0.0425. The molecule has 0 radical (unpaired) electrons. The van der Waals surface area contributed by atoms with Crippen LogP contribution in [0.2, 0.25) is 0 Å². The van der Waals surface area contributed by atoms with Gasteiger partial charge in [0, 0.05) is 12.4 Å². The number of benzene rings is 1. The molecule has 0 spiro atoms. The van der Waals surface area contributed by atoms with Crippen molar-refractivity contribution in [3.05, 3.63) is 30.1 Å². The molecule has 4 nitrogen and oxygen atoms in total. The number of carboxylic acid groups (broad SMARTS) is 1. The summed E-state index contributed by atoms with van der Waals surface area (Å²) in [6.45, 7) is 0. The largest absolute Gasteiger partial charge is 0.550 e. The first-order valence-corrected chi connectivity index (χ1v) is 4.34. The predicted molar refractivity (Wildman–Crippen MR) is 49.3 cm³/mol. The Hall–Kier alpha value is -1.91. The van der Waals surface area contributed by atoms with E-state index in [9.17, 15) is 19.1 Å². The van der Waals surface area contributed by atoms with Crippen molar-refractivity contribution < 1.29 is 19.1 Å². The average Bonchev–Trinajstić information content (AvgIpc) is 2.18. The van der Waals surface area contributed by atoms with Gasteiger partial charge in [-0.1, -0.05) is 12.1 Å². The quantitative estimate of drug-likeness (QED) is 0.776. The Morgan fingerprint density at radius 1 is 1.27 bits per heavy atom. The van der Waals surface area contributed by atoms with E-state index in [-0.39, 0.29) is 18.5 Å². The van der Waals surface area contributed by atoms with Crippen LogP contribution in [-0.4, -0.2) is 11.9 Å². The zero-order chi connectivity index (χ0) is 11.3. The second-order valence-electron chi connectivity index (χ2n) is 2.90. The first kappa shape index (κ1) is 11.2. The van der Waals surface area contributed by atoms with Gasteiger partial charge in [-0.25, -0.2) is 4.39 Å². The predicted octanol–water partition coefficient (Wildman–Crippen LogP) is 0.294. The lowest BCUT2D eigenvalue weighted by Gasteiger charge is -2.06. The summed E-state index contributed by atoms with van der Waals surface area (Å²) in [5, 5.41) is 12.3. The number of carbonyl (C=O) groups is 2. The molecule has 0 aliphatic carbocycles. The van der Waals surface area contributed by atoms with Crippen molar-refractivity contribution in [1.29, 1.82) is 0 Å². The van der Waals surface area contributed by atoms with Crippen molar-refractivity contribution in [2.45, 2.75) is 12.8 Å². The molecule has 1 N–H and O–H groups in total. The van der Waals surface area contributed by atoms with Gasteiger partial charge in [0.15, 0.2) is 0 Å². The summed E-state index contributed by atoms with van der Waals surface area (Å²) >= 11 is 0. The zero-order valence-corrected chi connectivity index (χ0v) is 7.83. The molecule has 1 aromatic carbocycles. The number of para-hydroxylation sites is 1. The van der Waals surface area contributed by atoms with Gasteiger partial charge >= 0.3 is 0 Å². The topological polar surface area (TPSA) is 69.2 Å². The molecule has 0 aromatic heterocycles. The van der Waals surface area contributed by atoms with Gasteiger partial charge in [-0.2, -0.15) is 0 Å². The normalized spacial score (nSPS) is 9.67.